The molecule has 2 aromatic carbocycles. The summed E-state index contributed by atoms with van der Waals surface area (Å²) in [6, 6.07) is 18.8. The number of ether oxygens (including phenoxy) is 1. The summed E-state index contributed by atoms with van der Waals surface area (Å²) in [7, 11) is 0. The number of carbonyl (C=O) groups excluding carboxylic acids is 1. The molecular weight excluding hydrogens is 426 g/mol. The summed E-state index contributed by atoms with van der Waals surface area (Å²) in [4.78, 5) is 20.3. The Morgan fingerprint density at radius 1 is 1.00 bits per heavy atom. The Balaban J connectivity index is 1.50. The second-order valence-electron chi connectivity index (χ2n) is 8.97. The predicted molar refractivity (Wildman–Crippen MR) is 136 cm³/mol. The lowest BCUT2D eigenvalue weighted by molar-refractivity contribution is -0.134. The zero-order valence-corrected chi connectivity index (χ0v) is 20.1. The molecule has 0 spiro atoms. The smallest absolute Gasteiger partial charge is 0.311 e. The number of aromatic nitrogens is 1. The number of hydrogen-bond acceptors (Lipinski definition) is 4. The van der Waals surface area contributed by atoms with E-state index in [0.29, 0.717) is 12.2 Å². The lowest BCUT2D eigenvalue weighted by Gasteiger charge is -2.17. The molecule has 0 amide bonds. The van der Waals surface area contributed by atoms with Crippen LogP contribution in [0.5, 0.6) is 5.75 Å². The Morgan fingerprint density at radius 2 is 1.76 bits per heavy atom. The molecule has 0 saturated carbocycles. The number of esters is 1. The summed E-state index contributed by atoms with van der Waals surface area (Å²) in [5.74, 6) is 0.440. The molecule has 0 aliphatic heterocycles. The van der Waals surface area contributed by atoms with Gasteiger partial charge in [0.05, 0.1) is 5.69 Å². The zero-order chi connectivity index (χ0) is 22.8. The molecule has 5 rings (SSSR count). The molecule has 2 aromatic heterocycles. The van der Waals surface area contributed by atoms with Crippen LogP contribution in [-0.4, -0.2) is 11.0 Å². The van der Waals surface area contributed by atoms with E-state index in [2.05, 4.69) is 43.3 Å². The molecule has 168 valence electrons. The van der Waals surface area contributed by atoms with Gasteiger partial charge in [0.2, 0.25) is 0 Å². The minimum atomic E-state index is -0.187. The minimum absolute atomic E-state index is 0.187. The molecule has 2 heterocycles. The highest BCUT2D eigenvalue weighted by atomic mass is 32.1. The number of hydrogen-bond donors (Lipinski definition) is 0. The molecule has 0 fully saturated rings. The number of nitrogens with zero attached hydrogens (tertiary/aromatic N) is 1. The monoisotopic (exact) mass is 455 g/mol. The van der Waals surface area contributed by atoms with E-state index in [1.807, 2.05) is 36.5 Å². The highest BCUT2D eigenvalue weighted by Crippen LogP contribution is 2.46. The van der Waals surface area contributed by atoms with E-state index >= 15 is 0 Å². The maximum Gasteiger partial charge on any atom is 0.311 e. The average molecular weight is 456 g/mol. The van der Waals surface area contributed by atoms with Crippen LogP contribution in [0.1, 0.15) is 52.9 Å². The molecule has 1 aliphatic rings. The molecule has 33 heavy (non-hydrogen) atoms. The summed E-state index contributed by atoms with van der Waals surface area (Å²) >= 11 is 1.81. The van der Waals surface area contributed by atoms with Crippen LogP contribution in [0.15, 0.2) is 54.6 Å². The molecular formula is C29H29NO2S. The maximum atomic E-state index is 12.9. The summed E-state index contributed by atoms with van der Waals surface area (Å²) < 4.78 is 6.07. The summed E-state index contributed by atoms with van der Waals surface area (Å²) in [6.07, 6.45) is 6.67. The molecule has 0 N–H and O–H groups in total. The van der Waals surface area contributed by atoms with Crippen molar-refractivity contribution >= 4 is 27.5 Å². The first-order chi connectivity index (χ1) is 16.1. The largest absolute Gasteiger partial charge is 0.424 e. The quantitative estimate of drug-likeness (QED) is 0.285. The van der Waals surface area contributed by atoms with Gasteiger partial charge in [0.15, 0.2) is 5.75 Å². The van der Waals surface area contributed by atoms with Crippen LogP contribution in [0.25, 0.3) is 21.3 Å². The van der Waals surface area contributed by atoms with Crippen molar-refractivity contribution in [3.8, 4) is 16.9 Å². The number of thiophene rings is 1. The van der Waals surface area contributed by atoms with Gasteiger partial charge < -0.3 is 4.74 Å². The second kappa shape index (κ2) is 9.48. The lowest BCUT2D eigenvalue weighted by atomic mass is 9.92. The molecule has 3 nitrogen and oxygen atoms in total. The molecule has 0 atom stereocenters. The van der Waals surface area contributed by atoms with E-state index in [-0.39, 0.29) is 5.97 Å². The van der Waals surface area contributed by atoms with Gasteiger partial charge in [-0.25, -0.2) is 4.98 Å². The van der Waals surface area contributed by atoms with Crippen molar-refractivity contribution in [2.24, 2.45) is 0 Å². The van der Waals surface area contributed by atoms with Crippen LogP contribution in [0, 0.1) is 13.8 Å². The fourth-order valence-corrected chi connectivity index (χ4v) is 6.07. The summed E-state index contributed by atoms with van der Waals surface area (Å²) in [6.45, 7) is 4.06. The van der Waals surface area contributed by atoms with E-state index in [0.717, 1.165) is 47.3 Å². The number of rotatable bonds is 6. The summed E-state index contributed by atoms with van der Waals surface area (Å²) in [5.41, 5.74) is 6.78. The predicted octanol–water partition coefficient (Wildman–Crippen LogP) is 7.39. The van der Waals surface area contributed by atoms with Crippen LogP contribution in [-0.2, 0) is 24.1 Å². The van der Waals surface area contributed by atoms with Gasteiger partial charge in [-0.2, -0.15) is 0 Å². The highest BCUT2D eigenvalue weighted by molar-refractivity contribution is 7.19. The topological polar surface area (TPSA) is 39.2 Å². The van der Waals surface area contributed by atoms with Crippen LogP contribution >= 0.6 is 11.3 Å². The zero-order valence-electron chi connectivity index (χ0n) is 19.3. The molecule has 4 aromatic rings. The number of aryl methyl sites for hydroxylation is 5. The van der Waals surface area contributed by atoms with Crippen molar-refractivity contribution in [1.82, 2.24) is 4.98 Å². The Labute approximate surface area is 199 Å². The average Bonchev–Trinajstić information content (AvgIpc) is 3.19. The summed E-state index contributed by atoms with van der Waals surface area (Å²) in [5, 5.41) is 1.19. The van der Waals surface area contributed by atoms with Crippen LogP contribution in [0.4, 0.5) is 0 Å². The first-order valence-corrected chi connectivity index (χ1v) is 12.7. The van der Waals surface area contributed by atoms with Gasteiger partial charge in [0, 0.05) is 22.2 Å². The van der Waals surface area contributed by atoms with Gasteiger partial charge >= 0.3 is 5.97 Å². The molecule has 0 saturated heterocycles. The third-order valence-corrected chi connectivity index (χ3v) is 7.66. The Bertz CT molecular complexity index is 1290. The van der Waals surface area contributed by atoms with Crippen LogP contribution in [0.3, 0.4) is 0 Å². The first-order valence-electron chi connectivity index (χ1n) is 11.9. The van der Waals surface area contributed by atoms with Crippen molar-refractivity contribution in [2.45, 2.75) is 58.8 Å². The van der Waals surface area contributed by atoms with Gasteiger partial charge in [0.1, 0.15) is 4.83 Å². The van der Waals surface area contributed by atoms with E-state index in [1.54, 1.807) is 0 Å². The third kappa shape index (κ3) is 4.58. The standard InChI is InChI=1S/C29H29NO2S/c1-19-15-17-22(18-16-19)26-27-23-12-6-7-13-24(23)33-29(27)30-20(2)28(26)32-25(31)14-8-11-21-9-4-3-5-10-21/h3-5,9-10,15-18H,6-8,11-14H2,1-2H3. The van der Waals surface area contributed by atoms with Crippen molar-refractivity contribution in [3.05, 3.63) is 81.9 Å². The van der Waals surface area contributed by atoms with E-state index < -0.39 is 0 Å². The van der Waals surface area contributed by atoms with Gasteiger partial charge in [-0.3, -0.25) is 4.79 Å². The van der Waals surface area contributed by atoms with E-state index in [4.69, 9.17) is 9.72 Å². The van der Waals surface area contributed by atoms with Gasteiger partial charge in [-0.1, -0.05) is 60.2 Å². The van der Waals surface area contributed by atoms with Gasteiger partial charge in [-0.15, -0.1) is 11.3 Å². The second-order valence-corrected chi connectivity index (χ2v) is 10.1. The Morgan fingerprint density at radius 3 is 2.55 bits per heavy atom. The van der Waals surface area contributed by atoms with Gasteiger partial charge in [0.25, 0.3) is 0 Å². The molecule has 0 unspecified atom stereocenters. The number of fused-ring (bicyclic) bond motifs is 3. The maximum absolute atomic E-state index is 12.9. The van der Waals surface area contributed by atoms with Crippen LogP contribution < -0.4 is 4.74 Å². The van der Waals surface area contributed by atoms with Crippen molar-refractivity contribution in [2.75, 3.05) is 0 Å². The Kier molecular flexibility index (Phi) is 6.28. The van der Waals surface area contributed by atoms with Crippen molar-refractivity contribution in [3.63, 3.8) is 0 Å². The minimum Gasteiger partial charge on any atom is -0.424 e. The van der Waals surface area contributed by atoms with Crippen molar-refractivity contribution in [1.29, 1.82) is 0 Å². The number of carbonyl (C=O) groups is 1. The normalized spacial score (nSPS) is 13.2. The first kappa shape index (κ1) is 21.8. The fourth-order valence-electron chi connectivity index (χ4n) is 4.75. The molecule has 0 bridgehead atoms. The Hall–Kier alpha value is -2.98. The molecule has 4 heteroatoms. The van der Waals surface area contributed by atoms with Crippen molar-refractivity contribution < 1.29 is 9.53 Å². The lowest BCUT2D eigenvalue weighted by Crippen LogP contribution is -2.11. The van der Waals surface area contributed by atoms with Crippen LogP contribution in [0.2, 0.25) is 0 Å². The number of benzene rings is 2. The third-order valence-electron chi connectivity index (χ3n) is 6.47. The number of pyridine rings is 1. The highest BCUT2D eigenvalue weighted by Gasteiger charge is 2.25. The fraction of sp³-hybridized carbons (Fsp3) is 0.310. The molecule has 1 aliphatic carbocycles. The van der Waals surface area contributed by atoms with Gasteiger partial charge in [-0.05, 0) is 69.1 Å². The molecule has 0 radical (unpaired) electrons. The SMILES string of the molecule is Cc1ccc(-c2c(OC(=O)CCCc3ccccc3)c(C)nc3sc4c(c23)CCCC4)cc1. The van der Waals surface area contributed by atoms with E-state index in [9.17, 15) is 4.79 Å². The van der Waals surface area contributed by atoms with E-state index in [1.165, 1.54) is 39.8 Å².